The number of fused-ring (bicyclic) bond motifs is 2. The van der Waals surface area contributed by atoms with E-state index in [0.717, 1.165) is 18.9 Å². The molecule has 0 radical (unpaired) electrons. The maximum atomic E-state index is 16.2. The molecule has 3 aliphatic rings. The summed E-state index contributed by atoms with van der Waals surface area (Å²) in [6.07, 6.45) is 3.94. The number of alkyl halides is 1. The van der Waals surface area contributed by atoms with Gasteiger partial charge in [0.15, 0.2) is 5.60 Å². The van der Waals surface area contributed by atoms with Crippen molar-refractivity contribution in [3.63, 3.8) is 0 Å². The number of nitrogens with zero attached hydrogens (tertiary/aromatic N) is 3. The van der Waals surface area contributed by atoms with Gasteiger partial charge in [0.2, 0.25) is 5.91 Å². The first-order chi connectivity index (χ1) is 21.4. The number of carbonyl (C=O) groups is 2. The zero-order valence-corrected chi connectivity index (χ0v) is 25.3. The predicted molar refractivity (Wildman–Crippen MR) is 161 cm³/mol. The Morgan fingerprint density at radius 1 is 1.27 bits per heavy atom. The van der Waals surface area contributed by atoms with Crippen molar-refractivity contribution in [3.05, 3.63) is 70.3 Å². The molecule has 2 amide bonds. The fourth-order valence-corrected chi connectivity index (χ4v) is 6.17. The fourth-order valence-electron chi connectivity index (χ4n) is 5.91. The third-order valence-electron chi connectivity index (χ3n) is 9.16. The average Bonchev–Trinajstić information content (AvgIpc) is 3.93. The predicted octanol–water partition coefficient (Wildman–Crippen LogP) is 4.49. The Balaban J connectivity index is 1.29. The van der Waals surface area contributed by atoms with Crippen LogP contribution in [0.3, 0.4) is 0 Å². The van der Waals surface area contributed by atoms with Gasteiger partial charge in [0, 0.05) is 28.3 Å². The topological polar surface area (TPSA) is 142 Å². The Labute approximate surface area is 261 Å². The highest BCUT2D eigenvalue weighted by Crippen LogP contribution is 2.55. The molecule has 3 heterocycles. The van der Waals surface area contributed by atoms with E-state index < -0.39 is 40.9 Å². The summed E-state index contributed by atoms with van der Waals surface area (Å²) in [5, 5.41) is 20.1. The second-order valence-corrected chi connectivity index (χ2v) is 12.7. The van der Waals surface area contributed by atoms with E-state index in [1.165, 1.54) is 25.3 Å². The Kier molecular flexibility index (Phi) is 6.61. The van der Waals surface area contributed by atoms with Crippen LogP contribution in [0.25, 0.3) is 22.2 Å². The molecule has 1 aliphatic heterocycles. The normalized spacial score (nSPS) is 21.1. The van der Waals surface area contributed by atoms with Crippen molar-refractivity contribution in [3.8, 4) is 22.8 Å². The molecule has 2 fully saturated rings. The molecule has 4 N–H and O–H groups in total. The summed E-state index contributed by atoms with van der Waals surface area (Å²) in [4.78, 5) is 30.7. The molecular formula is C32H30ClF2N5O5. The Morgan fingerprint density at radius 2 is 2.02 bits per heavy atom. The van der Waals surface area contributed by atoms with Gasteiger partial charge in [-0.25, -0.2) is 13.8 Å². The molecule has 7 rings (SSSR count). The number of halogens is 3. The summed E-state index contributed by atoms with van der Waals surface area (Å²) in [5.41, 5.74) is 1.24. The van der Waals surface area contributed by atoms with Gasteiger partial charge in [-0.1, -0.05) is 11.6 Å². The molecule has 13 heteroatoms. The van der Waals surface area contributed by atoms with Gasteiger partial charge < -0.3 is 25.6 Å². The van der Waals surface area contributed by atoms with E-state index in [1.54, 1.807) is 19.1 Å². The molecular weight excluding hydrogens is 608 g/mol. The highest BCUT2D eigenvalue weighted by atomic mass is 35.5. The van der Waals surface area contributed by atoms with Crippen molar-refractivity contribution in [1.29, 1.82) is 0 Å². The van der Waals surface area contributed by atoms with E-state index in [9.17, 15) is 19.1 Å². The van der Waals surface area contributed by atoms with Crippen LogP contribution in [0.2, 0.25) is 5.02 Å². The van der Waals surface area contributed by atoms with Crippen molar-refractivity contribution in [1.82, 2.24) is 20.1 Å². The van der Waals surface area contributed by atoms with Crippen molar-refractivity contribution in [2.45, 2.75) is 55.3 Å². The van der Waals surface area contributed by atoms with Crippen LogP contribution in [0.1, 0.15) is 60.3 Å². The van der Waals surface area contributed by atoms with Crippen molar-refractivity contribution < 1.29 is 33.0 Å². The molecule has 0 saturated heterocycles. The van der Waals surface area contributed by atoms with E-state index in [0.29, 0.717) is 22.7 Å². The van der Waals surface area contributed by atoms with Gasteiger partial charge in [-0.15, -0.1) is 0 Å². The van der Waals surface area contributed by atoms with Gasteiger partial charge in [-0.05, 0) is 69.0 Å². The van der Waals surface area contributed by atoms with E-state index in [-0.39, 0.29) is 58.3 Å². The minimum atomic E-state index is -2.33. The Bertz CT molecular complexity index is 1910. The van der Waals surface area contributed by atoms with Crippen LogP contribution in [0, 0.1) is 5.82 Å². The van der Waals surface area contributed by atoms with Crippen LogP contribution in [0.15, 0.2) is 42.6 Å². The van der Waals surface area contributed by atoms with Crippen LogP contribution in [0.4, 0.5) is 8.78 Å². The van der Waals surface area contributed by atoms with Gasteiger partial charge in [0.1, 0.15) is 46.2 Å². The molecule has 4 aromatic rings. The molecule has 234 valence electrons. The Morgan fingerprint density at radius 3 is 2.67 bits per heavy atom. The number of rotatable bonds is 9. The molecule has 0 spiro atoms. The quantitative estimate of drug-likeness (QED) is 0.246. The van der Waals surface area contributed by atoms with Crippen LogP contribution in [-0.4, -0.2) is 57.6 Å². The van der Waals surface area contributed by atoms with Crippen LogP contribution in [0.5, 0.6) is 11.5 Å². The number of pyridine rings is 1. The third-order valence-corrected chi connectivity index (χ3v) is 9.47. The number of benzene rings is 2. The van der Waals surface area contributed by atoms with E-state index in [4.69, 9.17) is 26.8 Å². The molecule has 2 aromatic carbocycles. The first kappa shape index (κ1) is 29.4. The molecule has 10 nitrogen and oxygen atoms in total. The largest absolute Gasteiger partial charge is 0.494 e. The van der Waals surface area contributed by atoms with Gasteiger partial charge in [-0.2, -0.15) is 5.10 Å². The maximum Gasteiger partial charge on any atom is 0.251 e. The first-order valence-electron chi connectivity index (χ1n) is 14.6. The number of aromatic nitrogens is 3. The average molecular weight is 638 g/mol. The lowest BCUT2D eigenvalue weighted by Gasteiger charge is -2.33. The SMILES string of the molecule is COc1cc(C(=O)NC[C@](O)(c2cc3c(c(-c4ccc(F)cc4Cl)n2)OC[C@]3(C)C(N)=O)C2(F)CC2)cc2cn(C3CC3)nc12. The number of methoxy groups -OCH3 is 1. The van der Waals surface area contributed by atoms with Crippen LogP contribution >= 0.6 is 11.6 Å². The number of ether oxygens (including phenoxy) is 2. The minimum absolute atomic E-state index is 0.00843. The van der Waals surface area contributed by atoms with Crippen LogP contribution < -0.4 is 20.5 Å². The van der Waals surface area contributed by atoms with Crippen LogP contribution in [-0.2, 0) is 15.8 Å². The lowest BCUT2D eigenvalue weighted by atomic mass is 9.80. The number of aliphatic hydroxyl groups is 1. The summed E-state index contributed by atoms with van der Waals surface area (Å²) in [7, 11) is 1.49. The summed E-state index contributed by atoms with van der Waals surface area (Å²) < 4.78 is 43.4. The number of hydrogen-bond acceptors (Lipinski definition) is 7. The zero-order valence-electron chi connectivity index (χ0n) is 24.5. The molecule has 0 bridgehead atoms. The fraction of sp³-hybridized carbons (Fsp3) is 0.375. The zero-order chi connectivity index (χ0) is 31.9. The number of hydrogen-bond donors (Lipinski definition) is 3. The minimum Gasteiger partial charge on any atom is -0.494 e. The second kappa shape index (κ2) is 10.1. The Hall–Kier alpha value is -4.29. The van der Waals surface area contributed by atoms with Crippen molar-refractivity contribution in [2.24, 2.45) is 5.73 Å². The molecule has 2 aliphatic carbocycles. The lowest BCUT2D eigenvalue weighted by molar-refractivity contribution is -0.123. The monoisotopic (exact) mass is 637 g/mol. The number of amides is 2. The third kappa shape index (κ3) is 4.69. The van der Waals surface area contributed by atoms with Gasteiger partial charge in [0.25, 0.3) is 5.91 Å². The van der Waals surface area contributed by atoms with Gasteiger partial charge >= 0.3 is 0 Å². The van der Waals surface area contributed by atoms with E-state index >= 15 is 4.39 Å². The van der Waals surface area contributed by atoms with E-state index in [1.807, 2.05) is 10.9 Å². The number of primary amides is 1. The summed E-state index contributed by atoms with van der Waals surface area (Å²) in [6, 6.07) is 8.56. The summed E-state index contributed by atoms with van der Waals surface area (Å²) in [5.74, 6) is -1.30. The second-order valence-electron chi connectivity index (χ2n) is 12.3. The highest BCUT2D eigenvalue weighted by molar-refractivity contribution is 6.33. The van der Waals surface area contributed by atoms with Crippen molar-refractivity contribution in [2.75, 3.05) is 20.3 Å². The molecule has 2 saturated carbocycles. The van der Waals surface area contributed by atoms with Gasteiger partial charge in [0.05, 0.1) is 30.4 Å². The lowest BCUT2D eigenvalue weighted by Crippen LogP contribution is -2.49. The molecule has 2 aromatic heterocycles. The first-order valence-corrected chi connectivity index (χ1v) is 15.0. The molecule has 45 heavy (non-hydrogen) atoms. The summed E-state index contributed by atoms with van der Waals surface area (Å²) >= 11 is 6.39. The number of carbonyl (C=O) groups excluding carboxylic acids is 2. The smallest absolute Gasteiger partial charge is 0.251 e. The maximum absolute atomic E-state index is 16.2. The molecule has 0 unspecified atom stereocenters. The van der Waals surface area contributed by atoms with E-state index in [2.05, 4.69) is 15.4 Å². The highest BCUT2D eigenvalue weighted by Gasteiger charge is 2.62. The number of nitrogens with one attached hydrogen (secondary N) is 1. The molecule has 2 atom stereocenters. The standard InChI is InChI=1S/C32H30ClF2N5O5/c1-30(29(36)42)15-45-27-21(30)12-24(38-26(27)20-6-3-18(34)11-22(20)33)32(43,31(35)7-8-31)14-37-28(41)16-9-17-13-40(19-4-5-19)39-25(17)23(10-16)44-2/h3,6,9-13,19,43H,4-5,7-8,14-15H2,1-2H3,(H2,36,42)(H,37,41)/t30-,32-/m0/s1. The van der Waals surface area contributed by atoms with Gasteiger partial charge in [-0.3, -0.25) is 14.3 Å². The summed E-state index contributed by atoms with van der Waals surface area (Å²) in [6.45, 7) is 0.881. The number of nitrogens with two attached hydrogens (primary N) is 1. The van der Waals surface area contributed by atoms with Crippen molar-refractivity contribution >= 4 is 34.3 Å².